The number of hydrogen-bond donors (Lipinski definition) is 1. The molecule has 0 atom stereocenters. The van der Waals surface area contributed by atoms with Gasteiger partial charge in [-0.15, -0.1) is 0 Å². The normalized spacial score (nSPS) is 32.1. The molecule has 1 nitrogen and oxygen atoms in total. The van der Waals surface area contributed by atoms with Crippen LogP contribution in [0, 0.1) is 5.41 Å². The minimum absolute atomic E-state index is 0.0538. The maximum Gasteiger partial charge on any atom is 0.0550 e. The smallest absolute Gasteiger partial charge is 0.0550 e. The zero-order chi connectivity index (χ0) is 7.03. The third-order valence-electron chi connectivity index (χ3n) is 3.25. The summed E-state index contributed by atoms with van der Waals surface area (Å²) in [6.45, 7) is 0. The Labute approximate surface area is 62.4 Å². The van der Waals surface area contributed by atoms with E-state index < -0.39 is 0 Å². The Morgan fingerprint density at radius 2 is 1.60 bits per heavy atom. The molecule has 58 valence electrons. The quantitative estimate of drug-likeness (QED) is 0.546. The molecule has 1 N–H and O–H groups in total. The average molecular weight is 140 g/mol. The van der Waals surface area contributed by atoms with E-state index in [9.17, 15) is 0 Å². The van der Waals surface area contributed by atoms with E-state index in [1.54, 1.807) is 0 Å². The van der Waals surface area contributed by atoms with E-state index in [4.69, 9.17) is 5.11 Å². The van der Waals surface area contributed by atoms with Crippen molar-refractivity contribution in [2.24, 2.45) is 5.41 Å². The molecule has 0 heterocycles. The van der Waals surface area contributed by atoms with Gasteiger partial charge in [-0.25, -0.2) is 0 Å². The molecule has 0 amide bonds. The van der Waals surface area contributed by atoms with Crippen LogP contribution in [-0.2, 0) is 0 Å². The Hall–Kier alpha value is -0.0400. The summed E-state index contributed by atoms with van der Waals surface area (Å²) in [7, 11) is 0. The second-order valence-electron chi connectivity index (χ2n) is 4.12. The zero-order valence-electron chi connectivity index (χ0n) is 6.47. The van der Waals surface area contributed by atoms with Crippen molar-refractivity contribution in [2.75, 3.05) is 0 Å². The van der Waals surface area contributed by atoms with Gasteiger partial charge < -0.3 is 5.11 Å². The molecule has 2 saturated carbocycles. The van der Waals surface area contributed by atoms with Crippen LogP contribution in [-0.4, -0.2) is 11.2 Å². The van der Waals surface area contributed by atoms with Crippen LogP contribution in [0.3, 0.4) is 0 Å². The van der Waals surface area contributed by atoms with Gasteiger partial charge in [0, 0.05) is 0 Å². The van der Waals surface area contributed by atoms with Crippen LogP contribution in [0.5, 0.6) is 0 Å². The summed E-state index contributed by atoms with van der Waals surface area (Å²) in [6.07, 6.45) is 9.30. The van der Waals surface area contributed by atoms with Gasteiger partial charge >= 0.3 is 0 Å². The predicted octanol–water partition coefficient (Wildman–Crippen LogP) is 2.09. The lowest BCUT2D eigenvalue weighted by Gasteiger charge is -2.48. The number of aliphatic hydroxyl groups excluding tert-OH is 1. The van der Waals surface area contributed by atoms with Crippen LogP contribution in [0.4, 0.5) is 0 Å². The first-order valence-electron chi connectivity index (χ1n) is 4.49. The van der Waals surface area contributed by atoms with Gasteiger partial charge in [0.2, 0.25) is 0 Å². The van der Waals surface area contributed by atoms with E-state index in [1.807, 2.05) is 0 Å². The first kappa shape index (κ1) is 6.66. The molecule has 2 aliphatic rings. The standard InChI is InChI=1S/C9H16O/c10-8-6-9(7-8)4-2-1-3-5-9/h8,10H,1-7H2. The summed E-state index contributed by atoms with van der Waals surface area (Å²) < 4.78 is 0. The van der Waals surface area contributed by atoms with Gasteiger partial charge in [0.05, 0.1) is 6.10 Å². The first-order valence-corrected chi connectivity index (χ1v) is 4.49. The average Bonchev–Trinajstić information content (AvgIpc) is 1.87. The lowest BCUT2D eigenvalue weighted by molar-refractivity contribution is -0.0539. The highest BCUT2D eigenvalue weighted by Crippen LogP contribution is 2.51. The lowest BCUT2D eigenvalue weighted by Crippen LogP contribution is -2.42. The van der Waals surface area contributed by atoms with Crippen molar-refractivity contribution >= 4 is 0 Å². The molecular weight excluding hydrogens is 124 g/mol. The van der Waals surface area contributed by atoms with E-state index in [-0.39, 0.29) is 6.10 Å². The number of hydrogen-bond acceptors (Lipinski definition) is 1. The van der Waals surface area contributed by atoms with Gasteiger partial charge in [0.1, 0.15) is 0 Å². The van der Waals surface area contributed by atoms with Crippen molar-refractivity contribution in [3.05, 3.63) is 0 Å². The highest BCUT2D eigenvalue weighted by Gasteiger charge is 2.43. The van der Waals surface area contributed by atoms with E-state index in [1.165, 1.54) is 32.1 Å². The van der Waals surface area contributed by atoms with Gasteiger partial charge in [-0.05, 0) is 31.1 Å². The molecule has 10 heavy (non-hydrogen) atoms. The maximum atomic E-state index is 9.17. The third-order valence-corrected chi connectivity index (χ3v) is 3.25. The van der Waals surface area contributed by atoms with Crippen LogP contribution < -0.4 is 0 Å². The molecule has 1 spiro atoms. The fourth-order valence-electron chi connectivity index (χ4n) is 2.65. The van der Waals surface area contributed by atoms with E-state index >= 15 is 0 Å². The summed E-state index contributed by atoms with van der Waals surface area (Å²) >= 11 is 0. The molecule has 0 aromatic carbocycles. The Morgan fingerprint density at radius 1 is 1.00 bits per heavy atom. The minimum atomic E-state index is 0.0538. The summed E-state index contributed by atoms with van der Waals surface area (Å²) in [4.78, 5) is 0. The molecule has 0 aromatic heterocycles. The number of rotatable bonds is 0. The van der Waals surface area contributed by atoms with E-state index in [2.05, 4.69) is 0 Å². The molecule has 2 aliphatic carbocycles. The molecule has 0 aromatic rings. The third kappa shape index (κ3) is 0.968. The summed E-state index contributed by atoms with van der Waals surface area (Å²) in [5.74, 6) is 0. The molecule has 0 bridgehead atoms. The SMILES string of the molecule is OC1CC2(CCCCC2)C1. The molecule has 0 unspecified atom stereocenters. The Morgan fingerprint density at radius 3 is 2.10 bits per heavy atom. The summed E-state index contributed by atoms with van der Waals surface area (Å²) in [5, 5.41) is 9.17. The molecule has 2 rings (SSSR count). The molecule has 0 saturated heterocycles. The second kappa shape index (κ2) is 2.23. The molecular formula is C9H16O. The van der Waals surface area contributed by atoms with Crippen molar-refractivity contribution < 1.29 is 5.11 Å². The minimum Gasteiger partial charge on any atom is -0.393 e. The van der Waals surface area contributed by atoms with Gasteiger partial charge in [-0.3, -0.25) is 0 Å². The monoisotopic (exact) mass is 140 g/mol. The van der Waals surface area contributed by atoms with Gasteiger partial charge in [-0.1, -0.05) is 19.3 Å². The Kier molecular flexibility index (Phi) is 1.48. The molecule has 0 aliphatic heterocycles. The van der Waals surface area contributed by atoms with E-state index in [0.29, 0.717) is 5.41 Å². The second-order valence-corrected chi connectivity index (χ2v) is 4.12. The topological polar surface area (TPSA) is 20.2 Å². The number of aliphatic hydroxyl groups is 1. The van der Waals surface area contributed by atoms with Crippen molar-refractivity contribution in [1.82, 2.24) is 0 Å². The maximum absolute atomic E-state index is 9.17. The van der Waals surface area contributed by atoms with Crippen molar-refractivity contribution in [3.8, 4) is 0 Å². The van der Waals surface area contributed by atoms with Crippen LogP contribution in [0.25, 0.3) is 0 Å². The van der Waals surface area contributed by atoms with Crippen LogP contribution in [0.1, 0.15) is 44.9 Å². The Bertz CT molecular complexity index is 109. The van der Waals surface area contributed by atoms with E-state index in [0.717, 1.165) is 12.8 Å². The first-order chi connectivity index (χ1) is 4.81. The highest BCUT2D eigenvalue weighted by molar-refractivity contribution is 4.95. The predicted molar refractivity (Wildman–Crippen MR) is 40.8 cm³/mol. The van der Waals surface area contributed by atoms with Gasteiger partial charge in [-0.2, -0.15) is 0 Å². The fraction of sp³-hybridized carbons (Fsp3) is 1.00. The van der Waals surface area contributed by atoms with Crippen molar-refractivity contribution in [2.45, 2.75) is 51.0 Å². The van der Waals surface area contributed by atoms with Gasteiger partial charge in [0.15, 0.2) is 0 Å². The van der Waals surface area contributed by atoms with Gasteiger partial charge in [0.25, 0.3) is 0 Å². The zero-order valence-corrected chi connectivity index (χ0v) is 6.47. The summed E-state index contributed by atoms with van der Waals surface area (Å²) in [5.41, 5.74) is 0.623. The van der Waals surface area contributed by atoms with Crippen molar-refractivity contribution in [1.29, 1.82) is 0 Å². The fourth-order valence-corrected chi connectivity index (χ4v) is 2.65. The van der Waals surface area contributed by atoms with Crippen LogP contribution in [0.15, 0.2) is 0 Å². The van der Waals surface area contributed by atoms with Crippen molar-refractivity contribution in [3.63, 3.8) is 0 Å². The molecule has 0 radical (unpaired) electrons. The van der Waals surface area contributed by atoms with Crippen LogP contribution in [0.2, 0.25) is 0 Å². The highest BCUT2D eigenvalue weighted by atomic mass is 16.3. The van der Waals surface area contributed by atoms with Crippen LogP contribution >= 0.6 is 0 Å². The molecule has 1 heteroatoms. The Balaban J connectivity index is 1.90. The lowest BCUT2D eigenvalue weighted by atomic mass is 9.59. The molecule has 2 fully saturated rings. The summed E-state index contributed by atoms with van der Waals surface area (Å²) in [6, 6.07) is 0. The largest absolute Gasteiger partial charge is 0.393 e.